The summed E-state index contributed by atoms with van der Waals surface area (Å²) in [6, 6.07) is 2.11. The van der Waals surface area contributed by atoms with Crippen LogP contribution in [-0.2, 0) is 5.54 Å². The van der Waals surface area contributed by atoms with Gasteiger partial charge in [-0.15, -0.1) is 0 Å². The van der Waals surface area contributed by atoms with Crippen LogP contribution in [0.25, 0.3) is 11.0 Å². The SMILES string of the molecule is CN(C)C(=O)c1cc2cnc(NC3CC4CCC3C4)nc2n(C23CC(C2)C3)c1=O. The maximum Gasteiger partial charge on any atom is 0.265 e. The fourth-order valence-electron chi connectivity index (χ4n) is 6.29. The summed E-state index contributed by atoms with van der Waals surface area (Å²) in [4.78, 5) is 36.8. The standard InChI is InChI=1S/C22H27N5O2/c1-26(2)19(28)16-7-15-11-23-21(24-17-6-12-3-4-14(17)5-12)25-18(15)27(20(16)29)22-8-13(9-22)10-22/h7,11-14,17H,3-6,8-10H2,1-2H3,(H,23,24,25). The number of carbonyl (C=O) groups excluding carboxylic acids is 1. The smallest absolute Gasteiger partial charge is 0.265 e. The average Bonchev–Trinajstić information content (AvgIpc) is 3.23. The number of anilines is 1. The molecule has 0 aliphatic heterocycles. The van der Waals surface area contributed by atoms with Crippen molar-refractivity contribution in [1.29, 1.82) is 0 Å². The van der Waals surface area contributed by atoms with Crippen LogP contribution in [0.5, 0.6) is 0 Å². The molecule has 3 atom stereocenters. The Morgan fingerprint density at radius 1 is 1.21 bits per heavy atom. The second-order valence-corrected chi connectivity index (χ2v) is 10.00. The molecule has 7 nitrogen and oxygen atoms in total. The molecule has 2 heterocycles. The maximum absolute atomic E-state index is 13.4. The van der Waals surface area contributed by atoms with Gasteiger partial charge in [0.05, 0.1) is 5.54 Å². The first kappa shape index (κ1) is 17.4. The first-order valence-corrected chi connectivity index (χ1v) is 10.8. The predicted molar refractivity (Wildman–Crippen MR) is 110 cm³/mol. The lowest BCUT2D eigenvalue weighted by Gasteiger charge is -2.62. The van der Waals surface area contributed by atoms with E-state index in [-0.39, 0.29) is 22.6 Å². The molecule has 0 radical (unpaired) electrons. The predicted octanol–water partition coefficient (Wildman–Crippen LogP) is 2.60. The van der Waals surface area contributed by atoms with Crippen LogP contribution in [0, 0.1) is 17.8 Å². The van der Waals surface area contributed by atoms with E-state index in [1.165, 1.54) is 30.6 Å². The Balaban J connectivity index is 1.45. The first-order valence-electron chi connectivity index (χ1n) is 10.8. The summed E-state index contributed by atoms with van der Waals surface area (Å²) < 4.78 is 1.83. The summed E-state index contributed by atoms with van der Waals surface area (Å²) in [5.74, 6) is 2.64. The molecule has 5 aliphatic carbocycles. The van der Waals surface area contributed by atoms with Crippen LogP contribution in [0.1, 0.15) is 55.3 Å². The van der Waals surface area contributed by atoms with Gasteiger partial charge < -0.3 is 10.2 Å². The van der Waals surface area contributed by atoms with Crippen molar-refractivity contribution in [3.05, 3.63) is 28.2 Å². The van der Waals surface area contributed by atoms with Crippen LogP contribution in [0.3, 0.4) is 0 Å². The highest BCUT2D eigenvalue weighted by Crippen LogP contribution is 2.62. The van der Waals surface area contributed by atoms with Crippen molar-refractivity contribution in [2.24, 2.45) is 17.8 Å². The number of pyridine rings is 1. The molecule has 152 valence electrons. The second kappa shape index (κ2) is 5.80. The zero-order valence-corrected chi connectivity index (χ0v) is 17.0. The molecule has 2 aromatic heterocycles. The topological polar surface area (TPSA) is 80.1 Å². The molecule has 7 heteroatoms. The number of fused-ring (bicyclic) bond motifs is 3. The lowest BCUT2D eigenvalue weighted by Crippen LogP contribution is -2.62. The molecule has 5 aliphatic rings. The van der Waals surface area contributed by atoms with Gasteiger partial charge in [-0.25, -0.2) is 4.98 Å². The van der Waals surface area contributed by atoms with Gasteiger partial charge >= 0.3 is 0 Å². The van der Waals surface area contributed by atoms with Gasteiger partial charge in [-0.05, 0) is 62.3 Å². The Morgan fingerprint density at radius 2 is 2.00 bits per heavy atom. The molecule has 0 aromatic carbocycles. The van der Waals surface area contributed by atoms with E-state index in [4.69, 9.17) is 4.98 Å². The second-order valence-electron chi connectivity index (χ2n) is 10.00. The van der Waals surface area contributed by atoms with Crippen molar-refractivity contribution in [2.45, 2.75) is 56.5 Å². The Bertz CT molecular complexity index is 1070. The van der Waals surface area contributed by atoms with E-state index in [1.807, 2.05) is 4.57 Å². The van der Waals surface area contributed by atoms with Gasteiger partial charge in [-0.1, -0.05) is 6.42 Å². The number of hydrogen-bond acceptors (Lipinski definition) is 5. The number of nitrogens with one attached hydrogen (secondary N) is 1. The van der Waals surface area contributed by atoms with Gasteiger partial charge in [0.15, 0.2) is 0 Å². The minimum Gasteiger partial charge on any atom is -0.351 e. The highest BCUT2D eigenvalue weighted by atomic mass is 16.2. The Kier molecular flexibility index (Phi) is 3.48. The number of aromatic nitrogens is 3. The Labute approximate surface area is 169 Å². The largest absolute Gasteiger partial charge is 0.351 e. The molecule has 4 bridgehead atoms. The van der Waals surface area contributed by atoms with Gasteiger partial charge in [0.1, 0.15) is 11.2 Å². The van der Waals surface area contributed by atoms with Gasteiger partial charge in [0.25, 0.3) is 11.5 Å². The van der Waals surface area contributed by atoms with Gasteiger partial charge in [-0.3, -0.25) is 14.2 Å². The van der Waals surface area contributed by atoms with E-state index in [1.54, 1.807) is 26.4 Å². The molecule has 5 saturated carbocycles. The van der Waals surface area contributed by atoms with Crippen LogP contribution in [0.2, 0.25) is 0 Å². The third-order valence-corrected chi connectivity index (χ3v) is 7.91. The molecule has 2 aromatic rings. The van der Waals surface area contributed by atoms with E-state index in [0.717, 1.165) is 42.4 Å². The molecule has 0 saturated heterocycles. The Hall–Kier alpha value is -2.44. The van der Waals surface area contributed by atoms with Crippen LogP contribution in [0.15, 0.2) is 17.1 Å². The number of amides is 1. The number of carbonyl (C=O) groups is 1. The fourth-order valence-corrected chi connectivity index (χ4v) is 6.29. The van der Waals surface area contributed by atoms with Crippen molar-refractivity contribution in [2.75, 3.05) is 19.4 Å². The minimum atomic E-state index is -0.263. The quantitative estimate of drug-likeness (QED) is 0.864. The van der Waals surface area contributed by atoms with Crippen molar-refractivity contribution >= 4 is 22.9 Å². The molecule has 0 spiro atoms. The number of nitrogens with zero attached hydrogens (tertiary/aromatic N) is 4. The third-order valence-electron chi connectivity index (χ3n) is 7.91. The highest BCUT2D eigenvalue weighted by molar-refractivity contribution is 5.96. The third kappa shape index (κ3) is 2.42. The zero-order chi connectivity index (χ0) is 19.9. The molecule has 1 amide bonds. The molecule has 3 unspecified atom stereocenters. The molecule has 7 rings (SSSR count). The lowest BCUT2D eigenvalue weighted by atomic mass is 9.49. The maximum atomic E-state index is 13.4. The number of rotatable bonds is 4. The fraction of sp³-hybridized carbons (Fsp3) is 0.636. The zero-order valence-electron chi connectivity index (χ0n) is 17.0. The Morgan fingerprint density at radius 3 is 2.59 bits per heavy atom. The van der Waals surface area contributed by atoms with E-state index in [2.05, 4.69) is 10.3 Å². The summed E-state index contributed by atoms with van der Waals surface area (Å²) in [7, 11) is 3.35. The summed E-state index contributed by atoms with van der Waals surface area (Å²) in [5.41, 5.74) is 0.522. The van der Waals surface area contributed by atoms with Crippen molar-refractivity contribution < 1.29 is 4.79 Å². The molecule has 5 fully saturated rings. The monoisotopic (exact) mass is 393 g/mol. The molecule has 29 heavy (non-hydrogen) atoms. The lowest BCUT2D eigenvalue weighted by molar-refractivity contribution is -0.0884. The average molecular weight is 393 g/mol. The van der Waals surface area contributed by atoms with Crippen molar-refractivity contribution in [3.63, 3.8) is 0 Å². The van der Waals surface area contributed by atoms with Crippen molar-refractivity contribution in [3.8, 4) is 0 Å². The molecule has 1 N–H and O–H groups in total. The normalized spacial score (nSPS) is 34.0. The summed E-state index contributed by atoms with van der Waals surface area (Å²) in [6.07, 6.45) is 9.97. The van der Waals surface area contributed by atoms with Gasteiger partial charge in [0.2, 0.25) is 5.95 Å². The van der Waals surface area contributed by atoms with E-state index in [0.29, 0.717) is 17.6 Å². The number of hydrogen-bond donors (Lipinski definition) is 1. The van der Waals surface area contributed by atoms with E-state index >= 15 is 0 Å². The van der Waals surface area contributed by atoms with Gasteiger partial charge in [0, 0.05) is 31.7 Å². The van der Waals surface area contributed by atoms with Crippen LogP contribution >= 0.6 is 0 Å². The molecular formula is C22H27N5O2. The van der Waals surface area contributed by atoms with E-state index in [9.17, 15) is 9.59 Å². The summed E-state index contributed by atoms with van der Waals surface area (Å²) >= 11 is 0. The first-order chi connectivity index (χ1) is 13.9. The van der Waals surface area contributed by atoms with Crippen molar-refractivity contribution in [1.82, 2.24) is 19.4 Å². The summed E-state index contributed by atoms with van der Waals surface area (Å²) in [5, 5.41) is 4.32. The van der Waals surface area contributed by atoms with Crippen LogP contribution < -0.4 is 10.9 Å². The van der Waals surface area contributed by atoms with Gasteiger partial charge in [-0.2, -0.15) is 4.98 Å². The van der Waals surface area contributed by atoms with Crippen LogP contribution in [0.4, 0.5) is 5.95 Å². The van der Waals surface area contributed by atoms with Crippen LogP contribution in [-0.4, -0.2) is 45.5 Å². The minimum absolute atomic E-state index is 0.152. The summed E-state index contributed by atoms with van der Waals surface area (Å²) in [6.45, 7) is 0. The molecular weight excluding hydrogens is 366 g/mol. The highest BCUT2D eigenvalue weighted by Gasteiger charge is 2.59. The van der Waals surface area contributed by atoms with E-state index < -0.39 is 0 Å².